The highest BCUT2D eigenvalue weighted by molar-refractivity contribution is 5.94. The van der Waals surface area contributed by atoms with Gasteiger partial charge in [-0.25, -0.2) is 9.37 Å². The zero-order valence-corrected chi connectivity index (χ0v) is 16.3. The fraction of sp³-hybridized carbons (Fsp3) is 0.217. The van der Waals surface area contributed by atoms with Gasteiger partial charge in [0.1, 0.15) is 11.6 Å². The third-order valence-electron chi connectivity index (χ3n) is 5.06. The summed E-state index contributed by atoms with van der Waals surface area (Å²) in [6.45, 7) is 4.35. The van der Waals surface area contributed by atoms with Gasteiger partial charge in [0.2, 0.25) is 0 Å². The van der Waals surface area contributed by atoms with Gasteiger partial charge < -0.3 is 15.1 Å². The van der Waals surface area contributed by atoms with Crippen LogP contribution in [0.25, 0.3) is 0 Å². The molecule has 1 N–H and O–H groups in total. The van der Waals surface area contributed by atoms with Gasteiger partial charge in [0, 0.05) is 38.1 Å². The van der Waals surface area contributed by atoms with Gasteiger partial charge in [-0.15, -0.1) is 0 Å². The second-order valence-electron chi connectivity index (χ2n) is 7.16. The molecular formula is C23H23FN4O. The topological polar surface area (TPSA) is 48.5 Å². The van der Waals surface area contributed by atoms with Crippen LogP contribution in [0.15, 0.2) is 66.9 Å². The maximum absolute atomic E-state index is 14.0. The number of hydrogen-bond donors (Lipinski definition) is 1. The summed E-state index contributed by atoms with van der Waals surface area (Å²) in [4.78, 5) is 20.9. The molecule has 2 aromatic carbocycles. The van der Waals surface area contributed by atoms with Crippen molar-refractivity contribution in [3.05, 3.63) is 83.8 Å². The van der Waals surface area contributed by atoms with E-state index in [4.69, 9.17) is 0 Å². The van der Waals surface area contributed by atoms with Gasteiger partial charge >= 0.3 is 0 Å². The number of halogens is 1. The van der Waals surface area contributed by atoms with E-state index in [2.05, 4.69) is 10.3 Å². The number of aryl methyl sites for hydroxylation is 1. The van der Waals surface area contributed by atoms with Crippen LogP contribution in [-0.4, -0.2) is 42.0 Å². The molecule has 1 aliphatic heterocycles. The molecule has 2 heterocycles. The highest BCUT2D eigenvalue weighted by Crippen LogP contribution is 2.21. The van der Waals surface area contributed by atoms with E-state index in [-0.39, 0.29) is 11.7 Å². The van der Waals surface area contributed by atoms with Crippen LogP contribution in [0.4, 0.5) is 21.6 Å². The molecule has 0 aliphatic carbocycles. The maximum atomic E-state index is 14.0. The molecule has 0 atom stereocenters. The van der Waals surface area contributed by atoms with Crippen molar-refractivity contribution in [3.8, 4) is 0 Å². The van der Waals surface area contributed by atoms with E-state index in [1.807, 2.05) is 48.2 Å². The normalized spacial score (nSPS) is 14.0. The van der Waals surface area contributed by atoms with Crippen LogP contribution in [0.5, 0.6) is 0 Å². The lowest BCUT2D eigenvalue weighted by atomic mass is 10.2. The zero-order valence-electron chi connectivity index (χ0n) is 16.3. The van der Waals surface area contributed by atoms with Crippen LogP contribution in [-0.2, 0) is 0 Å². The van der Waals surface area contributed by atoms with Crippen LogP contribution in [0.2, 0.25) is 0 Å². The highest BCUT2D eigenvalue weighted by Gasteiger charge is 2.23. The fourth-order valence-electron chi connectivity index (χ4n) is 3.51. The number of anilines is 3. The number of hydrogen-bond acceptors (Lipinski definition) is 4. The molecule has 3 aromatic rings. The summed E-state index contributed by atoms with van der Waals surface area (Å²) >= 11 is 0. The SMILES string of the molecule is Cc1cccc(Nc2ccc(C(=O)N3CCN(c4ccccc4F)CC3)cn2)c1. The number of amides is 1. The van der Waals surface area contributed by atoms with E-state index in [0.717, 1.165) is 11.3 Å². The fourth-order valence-corrected chi connectivity index (χ4v) is 3.51. The number of nitrogens with one attached hydrogen (secondary N) is 1. The van der Waals surface area contributed by atoms with Gasteiger partial charge in [0.25, 0.3) is 5.91 Å². The van der Waals surface area contributed by atoms with Crippen molar-refractivity contribution < 1.29 is 9.18 Å². The molecule has 0 spiro atoms. The van der Waals surface area contributed by atoms with Gasteiger partial charge in [-0.05, 0) is 48.9 Å². The lowest BCUT2D eigenvalue weighted by Gasteiger charge is -2.36. The largest absolute Gasteiger partial charge is 0.366 e. The van der Waals surface area contributed by atoms with E-state index < -0.39 is 0 Å². The first kappa shape index (κ1) is 18.9. The second kappa shape index (κ2) is 8.31. The Hall–Kier alpha value is -3.41. The third kappa shape index (κ3) is 4.37. The Morgan fingerprint density at radius 1 is 1.00 bits per heavy atom. The molecule has 1 aliphatic rings. The standard InChI is InChI=1S/C23H23FN4O/c1-17-5-4-6-19(15-17)26-22-10-9-18(16-25-22)23(29)28-13-11-27(12-14-28)21-8-3-2-7-20(21)24/h2-10,15-16H,11-14H2,1H3,(H,25,26). The molecule has 148 valence electrons. The van der Waals surface area contributed by atoms with Crippen molar-refractivity contribution in [3.63, 3.8) is 0 Å². The lowest BCUT2D eigenvalue weighted by molar-refractivity contribution is 0.0746. The Labute approximate surface area is 169 Å². The van der Waals surface area contributed by atoms with E-state index in [1.54, 1.807) is 29.3 Å². The summed E-state index contributed by atoms with van der Waals surface area (Å²) in [6.07, 6.45) is 1.60. The summed E-state index contributed by atoms with van der Waals surface area (Å²) in [5, 5.41) is 3.24. The molecule has 0 radical (unpaired) electrons. The summed E-state index contributed by atoms with van der Waals surface area (Å²) in [5.74, 6) is 0.414. The molecule has 1 amide bonds. The van der Waals surface area contributed by atoms with Crippen LogP contribution in [0.3, 0.4) is 0 Å². The van der Waals surface area contributed by atoms with Crippen LogP contribution in [0.1, 0.15) is 15.9 Å². The van der Waals surface area contributed by atoms with Gasteiger partial charge in [-0.3, -0.25) is 4.79 Å². The Bertz CT molecular complexity index is 998. The molecule has 0 unspecified atom stereocenters. The molecule has 0 saturated carbocycles. The van der Waals surface area contributed by atoms with Gasteiger partial charge in [0.15, 0.2) is 0 Å². The molecule has 0 bridgehead atoms. The number of para-hydroxylation sites is 1. The molecule has 29 heavy (non-hydrogen) atoms. The van der Waals surface area contributed by atoms with Gasteiger partial charge in [-0.2, -0.15) is 0 Å². The van der Waals surface area contributed by atoms with Gasteiger partial charge in [-0.1, -0.05) is 24.3 Å². The first-order valence-electron chi connectivity index (χ1n) is 9.69. The number of nitrogens with zero attached hydrogens (tertiary/aromatic N) is 3. The Kier molecular flexibility index (Phi) is 5.42. The molecule has 1 fully saturated rings. The zero-order chi connectivity index (χ0) is 20.2. The number of benzene rings is 2. The van der Waals surface area contributed by atoms with E-state index >= 15 is 0 Å². The summed E-state index contributed by atoms with van der Waals surface area (Å²) < 4.78 is 14.0. The number of carbonyl (C=O) groups excluding carboxylic acids is 1. The number of carbonyl (C=O) groups is 1. The Morgan fingerprint density at radius 3 is 2.48 bits per heavy atom. The second-order valence-corrected chi connectivity index (χ2v) is 7.16. The molecular weight excluding hydrogens is 367 g/mol. The van der Waals surface area contributed by atoms with Crippen molar-refractivity contribution in [1.82, 2.24) is 9.88 Å². The van der Waals surface area contributed by atoms with Crippen molar-refractivity contribution in [2.75, 3.05) is 36.4 Å². The summed E-state index contributed by atoms with van der Waals surface area (Å²) in [5.41, 5.74) is 3.27. The van der Waals surface area contributed by atoms with Crippen molar-refractivity contribution >= 4 is 23.1 Å². The van der Waals surface area contributed by atoms with E-state index in [0.29, 0.717) is 43.2 Å². The first-order chi connectivity index (χ1) is 14.1. The van der Waals surface area contributed by atoms with E-state index in [9.17, 15) is 9.18 Å². The Balaban J connectivity index is 1.37. The lowest BCUT2D eigenvalue weighted by Crippen LogP contribution is -2.49. The minimum absolute atomic E-state index is 0.0483. The minimum atomic E-state index is -0.229. The predicted molar refractivity (Wildman–Crippen MR) is 113 cm³/mol. The average Bonchev–Trinajstić information content (AvgIpc) is 2.74. The smallest absolute Gasteiger partial charge is 0.255 e. The summed E-state index contributed by atoms with van der Waals surface area (Å²) in [6, 6.07) is 18.4. The molecule has 1 aromatic heterocycles. The summed E-state index contributed by atoms with van der Waals surface area (Å²) in [7, 11) is 0. The van der Waals surface area contributed by atoms with Crippen molar-refractivity contribution in [1.29, 1.82) is 0 Å². The van der Waals surface area contributed by atoms with E-state index in [1.165, 1.54) is 6.07 Å². The number of piperazine rings is 1. The molecule has 1 saturated heterocycles. The van der Waals surface area contributed by atoms with Crippen LogP contribution in [0, 0.1) is 12.7 Å². The third-order valence-corrected chi connectivity index (χ3v) is 5.06. The van der Waals surface area contributed by atoms with Crippen LogP contribution >= 0.6 is 0 Å². The minimum Gasteiger partial charge on any atom is -0.366 e. The van der Waals surface area contributed by atoms with Crippen molar-refractivity contribution in [2.45, 2.75) is 6.92 Å². The number of aromatic nitrogens is 1. The first-order valence-corrected chi connectivity index (χ1v) is 9.69. The predicted octanol–water partition coefficient (Wildman–Crippen LogP) is 4.24. The number of pyridine rings is 1. The Morgan fingerprint density at radius 2 is 1.79 bits per heavy atom. The monoisotopic (exact) mass is 390 g/mol. The molecule has 4 rings (SSSR count). The maximum Gasteiger partial charge on any atom is 0.255 e. The molecule has 5 nitrogen and oxygen atoms in total. The number of rotatable bonds is 4. The van der Waals surface area contributed by atoms with Crippen molar-refractivity contribution in [2.24, 2.45) is 0 Å². The molecule has 6 heteroatoms. The quantitative estimate of drug-likeness (QED) is 0.724. The average molecular weight is 390 g/mol. The van der Waals surface area contributed by atoms with Crippen LogP contribution < -0.4 is 10.2 Å². The van der Waals surface area contributed by atoms with Gasteiger partial charge in [0.05, 0.1) is 11.3 Å². The highest BCUT2D eigenvalue weighted by atomic mass is 19.1.